The molecule has 0 amide bonds. The average molecular weight is 863 g/mol. The minimum absolute atomic E-state index is 1.00. The van der Waals surface area contributed by atoms with Crippen LogP contribution in [-0.2, 0) is 5.30 Å². The summed E-state index contributed by atoms with van der Waals surface area (Å²) in [5.74, 6) is 0. The summed E-state index contributed by atoms with van der Waals surface area (Å²) >= 11 is 12.9. The Kier molecular flexibility index (Phi) is 37.3. The molecule has 0 aromatic carbocycles. The molecule has 0 spiro atoms. The van der Waals surface area contributed by atoms with Crippen LogP contribution in [0.2, 0.25) is 0 Å². The molecule has 0 aliphatic carbocycles. The summed E-state index contributed by atoms with van der Waals surface area (Å²) in [6, 6.07) is 0. The van der Waals surface area contributed by atoms with Crippen LogP contribution in [0.3, 0.4) is 0 Å². The number of hydrogen-bond donors (Lipinski definition) is 0. The van der Waals surface area contributed by atoms with Crippen LogP contribution in [0.4, 0.5) is 0 Å². The molecule has 0 aliphatic heterocycles. The number of quaternary nitrogens is 2. The molecule has 0 radical (unpaired) electrons. The number of hydrogen-bond acceptors (Lipinski definition) is 0. The van der Waals surface area contributed by atoms with Crippen molar-refractivity contribution >= 4 is 56.9 Å². The quantitative estimate of drug-likeness (QED) is 0.0670. The van der Waals surface area contributed by atoms with Crippen LogP contribution in [0.1, 0.15) is 158 Å². The van der Waals surface area contributed by atoms with Crippen LogP contribution in [0, 0.1) is 0 Å². The summed E-state index contributed by atoms with van der Waals surface area (Å²) in [6.07, 6.45) is 22.1. The molecule has 248 valence electrons. The summed E-state index contributed by atoms with van der Waals surface area (Å²) in [5, 5.41) is -1.00. The first kappa shape index (κ1) is 45.8. The predicted octanol–water partition coefficient (Wildman–Crippen LogP) is 13.4. The first-order valence-electron chi connectivity index (χ1n) is 16.7. The van der Waals surface area contributed by atoms with Gasteiger partial charge in [0.25, 0.3) is 0 Å². The first-order valence-corrected chi connectivity index (χ1v) is 26.4. The predicted molar refractivity (Wildman–Crippen MR) is 194 cm³/mol. The maximum absolute atomic E-state index is 3.22. The van der Waals surface area contributed by atoms with Gasteiger partial charge in [-0.3, -0.25) is 0 Å². The van der Waals surface area contributed by atoms with Gasteiger partial charge in [0.05, 0.1) is 52.4 Å². The Bertz CT molecular complexity index is 359. The van der Waals surface area contributed by atoms with Gasteiger partial charge in [0.1, 0.15) is 0 Å². The van der Waals surface area contributed by atoms with Gasteiger partial charge >= 0.3 is 62.2 Å². The Balaban J connectivity index is -0.000000566. The van der Waals surface area contributed by atoms with E-state index in [2.05, 4.69) is 112 Å². The molecule has 0 saturated heterocycles. The zero-order valence-electron chi connectivity index (χ0n) is 27.7. The van der Waals surface area contributed by atoms with E-state index in [1.165, 1.54) is 164 Å². The van der Waals surface area contributed by atoms with E-state index in [0.717, 1.165) is 0 Å². The Morgan fingerprint density at radius 2 is 0.410 bits per heavy atom. The Morgan fingerprint density at radius 1 is 0.308 bits per heavy atom. The van der Waals surface area contributed by atoms with Crippen LogP contribution in [0.15, 0.2) is 0 Å². The van der Waals surface area contributed by atoms with E-state index in [1.54, 1.807) is 0 Å². The average Bonchev–Trinajstić information content (AvgIpc) is 2.91. The molecule has 0 saturated carbocycles. The van der Waals surface area contributed by atoms with Gasteiger partial charge in [0.2, 0.25) is 0 Å². The van der Waals surface area contributed by atoms with Crippen molar-refractivity contribution in [2.75, 3.05) is 52.4 Å². The van der Waals surface area contributed by atoms with Crippen molar-refractivity contribution in [3.05, 3.63) is 0 Å². The normalized spacial score (nSPS) is 12.4. The number of halogens is 4. The fraction of sp³-hybridized carbons (Fsp3) is 1.00. The fourth-order valence-electron chi connectivity index (χ4n) is 5.29. The molecule has 0 atom stereocenters. The summed E-state index contributed by atoms with van der Waals surface area (Å²) in [4.78, 5) is 0. The van der Waals surface area contributed by atoms with Crippen molar-refractivity contribution in [1.29, 1.82) is 0 Å². The van der Waals surface area contributed by atoms with Crippen molar-refractivity contribution in [3.8, 4) is 0 Å². The second-order valence-electron chi connectivity index (χ2n) is 11.6. The van der Waals surface area contributed by atoms with E-state index in [0.29, 0.717) is 0 Å². The summed E-state index contributed by atoms with van der Waals surface area (Å²) in [5.41, 5.74) is 0. The molecular formula is C32H72Br4N2Ni. The molecule has 0 aromatic rings. The molecule has 0 heterocycles. The van der Waals surface area contributed by atoms with Crippen molar-refractivity contribution in [1.82, 2.24) is 0 Å². The van der Waals surface area contributed by atoms with E-state index >= 15 is 0 Å². The molecule has 0 rings (SSSR count). The SMILES string of the molecule is CCCC[N+](CCCC)(CCCC)CCCC.CCCC[N+](CCCC)(CCCC)CCCC.[Br][Ni-2]([Br])([Br])[Br]. The van der Waals surface area contributed by atoms with Crippen LogP contribution in [-0.4, -0.2) is 61.3 Å². The van der Waals surface area contributed by atoms with E-state index < -0.39 is 5.30 Å². The summed E-state index contributed by atoms with van der Waals surface area (Å²) in [6.45, 7) is 30.0. The molecule has 0 aliphatic rings. The van der Waals surface area contributed by atoms with Crippen molar-refractivity contribution in [2.24, 2.45) is 0 Å². The molecule has 7 heteroatoms. The zero-order chi connectivity index (χ0) is 30.5. The number of rotatable bonds is 24. The molecule has 39 heavy (non-hydrogen) atoms. The first-order chi connectivity index (χ1) is 18.5. The van der Waals surface area contributed by atoms with E-state index in [1.807, 2.05) is 0 Å². The minimum atomic E-state index is -1.00. The molecule has 0 fully saturated rings. The van der Waals surface area contributed by atoms with Gasteiger partial charge in [-0.25, -0.2) is 0 Å². The monoisotopic (exact) mass is 858 g/mol. The van der Waals surface area contributed by atoms with Gasteiger partial charge in [0, 0.05) is 0 Å². The third-order valence-corrected chi connectivity index (χ3v) is 7.89. The molecule has 0 aromatic heterocycles. The zero-order valence-corrected chi connectivity index (χ0v) is 35.0. The van der Waals surface area contributed by atoms with Gasteiger partial charge in [-0.2, -0.15) is 0 Å². The van der Waals surface area contributed by atoms with Gasteiger partial charge < -0.3 is 8.97 Å². The molecule has 2 nitrogen and oxygen atoms in total. The summed E-state index contributed by atoms with van der Waals surface area (Å²) in [7, 11) is 0. The third-order valence-electron chi connectivity index (χ3n) is 7.89. The Morgan fingerprint density at radius 3 is 0.487 bits per heavy atom. The van der Waals surface area contributed by atoms with Crippen molar-refractivity contribution in [2.45, 2.75) is 158 Å². The molecule has 0 unspecified atom stereocenters. The maximum atomic E-state index is 3.22. The van der Waals surface area contributed by atoms with Gasteiger partial charge in [-0.15, -0.1) is 0 Å². The topological polar surface area (TPSA) is 0 Å². The van der Waals surface area contributed by atoms with E-state index in [4.69, 9.17) is 0 Å². The number of unbranched alkanes of at least 4 members (excludes halogenated alkanes) is 8. The van der Waals surface area contributed by atoms with Crippen LogP contribution < -0.4 is 0 Å². The number of nitrogens with zero attached hydrogens (tertiary/aromatic N) is 2. The second kappa shape index (κ2) is 31.7. The third kappa shape index (κ3) is 33.1. The van der Waals surface area contributed by atoms with Crippen LogP contribution >= 0.6 is 56.9 Å². The van der Waals surface area contributed by atoms with Crippen molar-refractivity contribution < 1.29 is 14.3 Å². The Hall–Kier alpha value is 2.33. The summed E-state index contributed by atoms with van der Waals surface area (Å²) < 4.78 is 2.84. The van der Waals surface area contributed by atoms with Gasteiger partial charge in [0.15, 0.2) is 0 Å². The molecule has 0 bridgehead atoms. The van der Waals surface area contributed by atoms with Crippen LogP contribution in [0.25, 0.3) is 0 Å². The van der Waals surface area contributed by atoms with Crippen LogP contribution in [0.5, 0.6) is 0 Å². The fourth-order valence-corrected chi connectivity index (χ4v) is 5.29. The van der Waals surface area contributed by atoms with E-state index in [9.17, 15) is 0 Å². The Labute approximate surface area is 279 Å². The molecular weight excluding hydrogens is 791 g/mol. The van der Waals surface area contributed by atoms with Gasteiger partial charge in [-0.05, 0) is 51.4 Å². The van der Waals surface area contributed by atoms with Gasteiger partial charge in [-0.1, -0.05) is 107 Å². The molecule has 0 N–H and O–H groups in total. The van der Waals surface area contributed by atoms with Crippen molar-refractivity contribution in [3.63, 3.8) is 0 Å². The second-order valence-corrected chi connectivity index (χ2v) is 41.5. The van der Waals surface area contributed by atoms with E-state index in [-0.39, 0.29) is 0 Å². The standard InChI is InChI=1S/2C16H36N.4BrH.Ni/c2*1-5-9-13-17(14-10-6-2,15-11-7-3)16-12-8-4;;;;;/h2*5-16H2,1-4H3;4*1H;/q2*+1;;;;;+2/p-4.